The SMILES string of the molecule is CCc1cc(Cl)ccc1C1=CN(c2ccc(-c3ccccc3CC)cc2)C2=NCCCN12. The number of hydrogen-bond donors (Lipinski definition) is 0. The Labute approximate surface area is 195 Å². The van der Waals surface area contributed by atoms with Crippen molar-refractivity contribution in [3.05, 3.63) is 94.6 Å². The molecule has 0 spiro atoms. The normalized spacial score (nSPS) is 15.5. The molecule has 0 bridgehead atoms. The highest BCUT2D eigenvalue weighted by Crippen LogP contribution is 2.36. The van der Waals surface area contributed by atoms with Gasteiger partial charge in [-0.2, -0.15) is 0 Å². The van der Waals surface area contributed by atoms with Crippen molar-refractivity contribution >= 4 is 28.9 Å². The van der Waals surface area contributed by atoms with E-state index in [9.17, 15) is 0 Å². The van der Waals surface area contributed by atoms with Crippen LogP contribution in [-0.2, 0) is 12.8 Å². The van der Waals surface area contributed by atoms with Gasteiger partial charge in [0, 0.05) is 35.6 Å². The van der Waals surface area contributed by atoms with Crippen LogP contribution >= 0.6 is 11.6 Å². The molecule has 5 rings (SSSR count). The number of nitrogens with zero attached hydrogens (tertiary/aromatic N) is 3. The third-order valence-electron chi connectivity index (χ3n) is 6.37. The second-order valence-electron chi connectivity index (χ2n) is 8.28. The zero-order valence-electron chi connectivity index (χ0n) is 18.7. The summed E-state index contributed by atoms with van der Waals surface area (Å²) >= 11 is 6.28. The largest absolute Gasteiger partial charge is 0.310 e. The summed E-state index contributed by atoms with van der Waals surface area (Å²) in [4.78, 5) is 9.48. The molecule has 3 aromatic rings. The molecule has 2 aliphatic heterocycles. The Balaban J connectivity index is 1.53. The van der Waals surface area contributed by atoms with Gasteiger partial charge in [0.05, 0.1) is 5.70 Å². The molecule has 0 N–H and O–H groups in total. The first-order valence-corrected chi connectivity index (χ1v) is 11.9. The monoisotopic (exact) mass is 441 g/mol. The molecule has 0 fully saturated rings. The highest BCUT2D eigenvalue weighted by Gasteiger charge is 2.32. The van der Waals surface area contributed by atoms with Crippen LogP contribution in [0.5, 0.6) is 0 Å². The Kier molecular flexibility index (Phi) is 5.75. The lowest BCUT2D eigenvalue weighted by Gasteiger charge is -2.29. The van der Waals surface area contributed by atoms with Gasteiger partial charge >= 0.3 is 0 Å². The predicted octanol–water partition coefficient (Wildman–Crippen LogP) is 7.01. The molecule has 162 valence electrons. The maximum absolute atomic E-state index is 6.28. The van der Waals surface area contributed by atoms with Crippen LogP contribution in [-0.4, -0.2) is 23.9 Å². The van der Waals surface area contributed by atoms with Crippen LogP contribution < -0.4 is 4.90 Å². The van der Waals surface area contributed by atoms with Gasteiger partial charge in [-0.3, -0.25) is 9.89 Å². The molecule has 0 radical (unpaired) electrons. The lowest BCUT2D eigenvalue weighted by Crippen LogP contribution is -2.38. The standard InChI is InChI=1S/C28H28ClN3/c1-3-20-8-5-6-9-25(20)22-10-13-24(14-11-22)32-19-27(31-17-7-16-30-28(31)32)26-15-12-23(29)18-21(26)4-2/h5-6,8-15,18-19H,3-4,7,16-17H2,1-2H3. The first-order valence-electron chi connectivity index (χ1n) is 11.5. The molecule has 0 aromatic heterocycles. The molecule has 3 nitrogen and oxygen atoms in total. The van der Waals surface area contributed by atoms with Crippen molar-refractivity contribution in [1.82, 2.24) is 4.90 Å². The van der Waals surface area contributed by atoms with Gasteiger partial charge in [0.25, 0.3) is 0 Å². The van der Waals surface area contributed by atoms with Gasteiger partial charge < -0.3 is 4.90 Å². The summed E-state index contributed by atoms with van der Waals surface area (Å²) in [5, 5.41) is 0.788. The summed E-state index contributed by atoms with van der Waals surface area (Å²) in [6, 6.07) is 23.7. The molecule has 2 aliphatic rings. The molecule has 4 heteroatoms. The third kappa shape index (κ3) is 3.71. The smallest absolute Gasteiger partial charge is 0.210 e. The van der Waals surface area contributed by atoms with Crippen molar-refractivity contribution < 1.29 is 0 Å². The predicted molar refractivity (Wildman–Crippen MR) is 136 cm³/mol. The topological polar surface area (TPSA) is 18.8 Å². The highest BCUT2D eigenvalue weighted by atomic mass is 35.5. The first kappa shape index (κ1) is 20.8. The number of benzene rings is 3. The number of hydrogen-bond acceptors (Lipinski definition) is 3. The van der Waals surface area contributed by atoms with Gasteiger partial charge in [-0.25, -0.2) is 0 Å². The number of rotatable bonds is 5. The van der Waals surface area contributed by atoms with Crippen molar-refractivity contribution in [1.29, 1.82) is 0 Å². The number of aryl methyl sites for hydroxylation is 2. The van der Waals surface area contributed by atoms with E-state index < -0.39 is 0 Å². The molecule has 0 atom stereocenters. The number of anilines is 1. The number of aliphatic imine (C=N–C) groups is 1. The second-order valence-corrected chi connectivity index (χ2v) is 8.72. The van der Waals surface area contributed by atoms with Crippen molar-refractivity contribution in [3.63, 3.8) is 0 Å². The Hall–Kier alpha value is -3.04. The zero-order valence-corrected chi connectivity index (χ0v) is 19.4. The van der Waals surface area contributed by atoms with Crippen LogP contribution in [0.1, 0.15) is 37.0 Å². The molecule has 32 heavy (non-hydrogen) atoms. The van der Waals surface area contributed by atoms with Crippen LogP contribution in [0.4, 0.5) is 5.69 Å². The maximum atomic E-state index is 6.28. The Morgan fingerprint density at radius 2 is 1.66 bits per heavy atom. The van der Waals surface area contributed by atoms with Gasteiger partial charge in [-0.05, 0) is 65.8 Å². The molecule has 0 saturated heterocycles. The fourth-order valence-corrected chi connectivity index (χ4v) is 4.89. The second kappa shape index (κ2) is 8.84. The molecular weight excluding hydrogens is 414 g/mol. The Bertz CT molecular complexity index is 1190. The van der Waals surface area contributed by atoms with Gasteiger partial charge in [0.15, 0.2) is 0 Å². The number of halogens is 1. The molecular formula is C28H28ClN3. The van der Waals surface area contributed by atoms with Gasteiger partial charge in [-0.1, -0.05) is 67.9 Å². The van der Waals surface area contributed by atoms with E-state index in [-0.39, 0.29) is 0 Å². The summed E-state index contributed by atoms with van der Waals surface area (Å²) in [6.07, 6.45) is 5.28. The number of fused-ring (bicyclic) bond motifs is 1. The van der Waals surface area contributed by atoms with Crippen LogP contribution in [0, 0.1) is 0 Å². The molecule has 3 aromatic carbocycles. The fraction of sp³-hybridized carbons (Fsp3) is 0.250. The van der Waals surface area contributed by atoms with Crippen molar-refractivity contribution in [2.45, 2.75) is 33.1 Å². The first-order chi connectivity index (χ1) is 15.7. The van der Waals surface area contributed by atoms with E-state index in [4.69, 9.17) is 16.6 Å². The zero-order chi connectivity index (χ0) is 22.1. The summed E-state index contributed by atoms with van der Waals surface area (Å²) < 4.78 is 0. The van der Waals surface area contributed by atoms with Crippen LogP contribution in [0.25, 0.3) is 16.8 Å². The summed E-state index contributed by atoms with van der Waals surface area (Å²) in [6.45, 7) is 6.24. The van der Waals surface area contributed by atoms with Crippen molar-refractivity contribution in [2.24, 2.45) is 4.99 Å². The van der Waals surface area contributed by atoms with Gasteiger partial charge in [-0.15, -0.1) is 0 Å². The van der Waals surface area contributed by atoms with Crippen LogP contribution in [0.15, 0.2) is 77.9 Å². The lowest BCUT2D eigenvalue weighted by molar-refractivity contribution is 0.531. The van der Waals surface area contributed by atoms with E-state index in [1.54, 1.807) is 0 Å². The fourth-order valence-electron chi connectivity index (χ4n) is 4.70. The van der Waals surface area contributed by atoms with E-state index in [1.165, 1.54) is 33.5 Å². The summed E-state index contributed by atoms with van der Waals surface area (Å²) in [5.41, 5.74) is 8.78. The molecule has 0 saturated carbocycles. The molecule has 0 aliphatic carbocycles. The summed E-state index contributed by atoms with van der Waals surface area (Å²) in [7, 11) is 0. The number of guanidine groups is 1. The molecule has 2 heterocycles. The van der Waals surface area contributed by atoms with E-state index in [0.29, 0.717) is 0 Å². The highest BCUT2D eigenvalue weighted by molar-refractivity contribution is 6.30. The average molecular weight is 442 g/mol. The van der Waals surface area contributed by atoms with Crippen LogP contribution in [0.2, 0.25) is 5.02 Å². The lowest BCUT2D eigenvalue weighted by atomic mass is 9.98. The van der Waals surface area contributed by atoms with Gasteiger partial charge in [0.1, 0.15) is 0 Å². The average Bonchev–Trinajstić information content (AvgIpc) is 3.23. The third-order valence-corrected chi connectivity index (χ3v) is 6.61. The van der Waals surface area contributed by atoms with Crippen molar-refractivity contribution in [2.75, 3.05) is 18.0 Å². The van der Waals surface area contributed by atoms with E-state index in [2.05, 4.69) is 90.5 Å². The van der Waals surface area contributed by atoms with Gasteiger partial charge in [0.2, 0.25) is 5.96 Å². The van der Waals surface area contributed by atoms with E-state index in [1.807, 2.05) is 6.07 Å². The van der Waals surface area contributed by atoms with E-state index >= 15 is 0 Å². The minimum atomic E-state index is 0.788. The molecule has 0 amide bonds. The van der Waals surface area contributed by atoms with E-state index in [0.717, 1.165) is 49.0 Å². The maximum Gasteiger partial charge on any atom is 0.210 e. The van der Waals surface area contributed by atoms with Crippen LogP contribution in [0.3, 0.4) is 0 Å². The summed E-state index contributed by atoms with van der Waals surface area (Å²) in [5.74, 6) is 1.02. The van der Waals surface area contributed by atoms with Crippen molar-refractivity contribution in [3.8, 4) is 11.1 Å². The Morgan fingerprint density at radius 1 is 0.875 bits per heavy atom. The quantitative estimate of drug-likeness (QED) is 0.424. The minimum Gasteiger partial charge on any atom is -0.310 e. The molecule has 0 unspecified atom stereocenters. The Morgan fingerprint density at radius 3 is 2.44 bits per heavy atom. The minimum absolute atomic E-state index is 0.788.